The van der Waals surface area contributed by atoms with E-state index in [9.17, 15) is 9.59 Å². The molecule has 0 saturated heterocycles. The summed E-state index contributed by atoms with van der Waals surface area (Å²) >= 11 is 0. The van der Waals surface area contributed by atoms with Gasteiger partial charge in [-0.1, -0.05) is 24.3 Å². The van der Waals surface area contributed by atoms with Gasteiger partial charge in [0.15, 0.2) is 0 Å². The first-order valence-corrected chi connectivity index (χ1v) is 6.93. The minimum Gasteiger partial charge on any atom is -0.355 e. The van der Waals surface area contributed by atoms with Crippen molar-refractivity contribution in [1.29, 1.82) is 0 Å². The molecule has 20 heavy (non-hydrogen) atoms. The maximum absolute atomic E-state index is 12.3. The van der Waals surface area contributed by atoms with Crippen LogP contribution in [-0.4, -0.2) is 42.9 Å². The first-order valence-electron chi connectivity index (χ1n) is 6.93. The molecule has 5 heteroatoms. The van der Waals surface area contributed by atoms with Gasteiger partial charge in [-0.25, -0.2) is 0 Å². The fraction of sp³-hybridized carbons (Fsp3) is 0.467. The van der Waals surface area contributed by atoms with Crippen molar-refractivity contribution in [1.82, 2.24) is 15.5 Å². The molecule has 1 aliphatic rings. The van der Waals surface area contributed by atoms with Crippen LogP contribution in [0.4, 0.5) is 0 Å². The molecule has 2 N–H and O–H groups in total. The molecule has 2 amide bonds. The lowest BCUT2D eigenvalue weighted by atomic mass is 9.95. The van der Waals surface area contributed by atoms with Crippen LogP contribution in [0.2, 0.25) is 0 Å². The largest absolute Gasteiger partial charge is 0.355 e. The van der Waals surface area contributed by atoms with Gasteiger partial charge in [0.1, 0.15) is 0 Å². The van der Waals surface area contributed by atoms with Gasteiger partial charge in [0.2, 0.25) is 11.8 Å². The predicted molar refractivity (Wildman–Crippen MR) is 77.1 cm³/mol. The van der Waals surface area contributed by atoms with Crippen molar-refractivity contribution in [3.05, 3.63) is 35.4 Å². The van der Waals surface area contributed by atoms with E-state index in [1.165, 1.54) is 16.0 Å². The molecular formula is C15H21N3O2. The van der Waals surface area contributed by atoms with Gasteiger partial charge >= 0.3 is 0 Å². The molecule has 0 aromatic heterocycles. The van der Waals surface area contributed by atoms with E-state index in [4.69, 9.17) is 0 Å². The Morgan fingerprint density at radius 1 is 1.35 bits per heavy atom. The first-order chi connectivity index (χ1) is 9.61. The van der Waals surface area contributed by atoms with Gasteiger partial charge < -0.3 is 15.5 Å². The molecule has 0 spiro atoms. The zero-order valence-electron chi connectivity index (χ0n) is 12.0. The Morgan fingerprint density at radius 3 is 2.75 bits per heavy atom. The number of likely N-dealkylation sites (N-methyl/N-ethyl adjacent to an activating group) is 2. The second-order valence-corrected chi connectivity index (χ2v) is 5.05. The quantitative estimate of drug-likeness (QED) is 0.830. The highest BCUT2D eigenvalue weighted by Crippen LogP contribution is 2.17. The number of carbonyl (C=O) groups is 2. The van der Waals surface area contributed by atoms with Gasteiger partial charge in [-0.3, -0.25) is 9.59 Å². The van der Waals surface area contributed by atoms with E-state index < -0.39 is 0 Å². The summed E-state index contributed by atoms with van der Waals surface area (Å²) < 4.78 is 0. The number of hydrogen-bond donors (Lipinski definition) is 2. The number of fused-ring (bicyclic) bond motifs is 1. The van der Waals surface area contributed by atoms with Crippen molar-refractivity contribution < 1.29 is 9.59 Å². The van der Waals surface area contributed by atoms with Gasteiger partial charge in [-0.15, -0.1) is 0 Å². The highest BCUT2D eigenvalue weighted by atomic mass is 16.2. The third-order valence-corrected chi connectivity index (χ3v) is 3.51. The van der Waals surface area contributed by atoms with Crippen LogP contribution in [0.3, 0.4) is 0 Å². The van der Waals surface area contributed by atoms with Crippen LogP contribution in [-0.2, 0) is 22.6 Å². The smallest absolute Gasteiger partial charge is 0.240 e. The van der Waals surface area contributed by atoms with E-state index in [0.717, 1.165) is 0 Å². The molecule has 1 unspecified atom stereocenters. The highest BCUT2D eigenvalue weighted by Gasteiger charge is 2.26. The monoisotopic (exact) mass is 275 g/mol. The fourth-order valence-electron chi connectivity index (χ4n) is 2.44. The van der Waals surface area contributed by atoms with Gasteiger partial charge in [0.05, 0.1) is 12.6 Å². The van der Waals surface area contributed by atoms with Crippen molar-refractivity contribution >= 4 is 11.8 Å². The molecule has 0 radical (unpaired) electrons. The van der Waals surface area contributed by atoms with Crippen LogP contribution in [0, 0.1) is 0 Å². The Kier molecular flexibility index (Phi) is 4.74. The number of nitrogens with one attached hydrogen (secondary N) is 2. The Labute approximate surface area is 119 Å². The van der Waals surface area contributed by atoms with E-state index in [2.05, 4.69) is 22.8 Å². The summed E-state index contributed by atoms with van der Waals surface area (Å²) in [7, 11) is 1.67. The number of amides is 2. The van der Waals surface area contributed by atoms with Crippen molar-refractivity contribution in [3.8, 4) is 0 Å². The zero-order valence-corrected chi connectivity index (χ0v) is 12.0. The molecule has 1 aromatic carbocycles. The lowest BCUT2D eigenvalue weighted by Gasteiger charge is -2.28. The maximum atomic E-state index is 12.3. The molecule has 0 aliphatic carbocycles. The number of rotatable bonds is 4. The van der Waals surface area contributed by atoms with Gasteiger partial charge in [-0.2, -0.15) is 0 Å². The number of nitrogens with zero attached hydrogens (tertiary/aromatic N) is 1. The maximum Gasteiger partial charge on any atom is 0.240 e. The average Bonchev–Trinajstić information content (AvgIpc) is 2.46. The summed E-state index contributed by atoms with van der Waals surface area (Å²) in [5.74, 6) is -0.162. The standard InChI is InChI=1S/C15H21N3O2/c1-3-16-14(19)10-18(2)15(20)13-8-11-6-4-5-7-12(11)9-17-13/h4-7,13,17H,3,8-10H2,1-2H3,(H,16,19). The molecule has 0 bridgehead atoms. The third kappa shape index (κ3) is 3.36. The molecule has 0 fully saturated rings. The Bertz CT molecular complexity index is 502. The van der Waals surface area contributed by atoms with Crippen LogP contribution in [0.25, 0.3) is 0 Å². The summed E-state index contributed by atoms with van der Waals surface area (Å²) in [6, 6.07) is 7.87. The van der Waals surface area contributed by atoms with Crippen molar-refractivity contribution in [2.45, 2.75) is 25.9 Å². The van der Waals surface area contributed by atoms with Crippen molar-refractivity contribution in [2.24, 2.45) is 0 Å². The van der Waals surface area contributed by atoms with E-state index in [1.54, 1.807) is 7.05 Å². The van der Waals surface area contributed by atoms with Gasteiger partial charge in [0.25, 0.3) is 0 Å². The molecule has 2 rings (SSSR count). The van der Waals surface area contributed by atoms with Crippen LogP contribution < -0.4 is 10.6 Å². The zero-order chi connectivity index (χ0) is 14.5. The molecular weight excluding hydrogens is 254 g/mol. The van der Waals surface area contributed by atoms with Crippen molar-refractivity contribution in [3.63, 3.8) is 0 Å². The van der Waals surface area contributed by atoms with Crippen LogP contribution >= 0.6 is 0 Å². The number of carbonyl (C=O) groups excluding carboxylic acids is 2. The minimum absolute atomic E-state index is 0.0363. The molecule has 1 aliphatic heterocycles. The summed E-state index contributed by atoms with van der Waals surface area (Å²) in [6.07, 6.45) is 0.675. The molecule has 108 valence electrons. The molecule has 1 heterocycles. The highest BCUT2D eigenvalue weighted by molar-refractivity contribution is 5.87. The normalized spacial score (nSPS) is 17.2. The summed E-state index contributed by atoms with van der Waals surface area (Å²) in [4.78, 5) is 25.3. The first kappa shape index (κ1) is 14.5. The Balaban J connectivity index is 1.95. The van der Waals surface area contributed by atoms with E-state index in [1.807, 2.05) is 19.1 Å². The van der Waals surface area contributed by atoms with E-state index >= 15 is 0 Å². The van der Waals surface area contributed by atoms with Gasteiger partial charge in [-0.05, 0) is 24.5 Å². The van der Waals surface area contributed by atoms with Gasteiger partial charge in [0, 0.05) is 20.1 Å². The topological polar surface area (TPSA) is 61.4 Å². The molecule has 0 saturated carbocycles. The fourth-order valence-corrected chi connectivity index (χ4v) is 2.44. The predicted octanol–water partition coefficient (Wildman–Crippen LogP) is 0.295. The lowest BCUT2D eigenvalue weighted by molar-refractivity contribution is -0.136. The van der Waals surface area contributed by atoms with Crippen LogP contribution in [0.5, 0.6) is 0 Å². The summed E-state index contributed by atoms with van der Waals surface area (Å²) in [5, 5.41) is 5.93. The second kappa shape index (κ2) is 6.52. The van der Waals surface area contributed by atoms with E-state index in [0.29, 0.717) is 19.5 Å². The summed E-state index contributed by atoms with van der Waals surface area (Å²) in [5.41, 5.74) is 2.44. The number of benzene rings is 1. The third-order valence-electron chi connectivity index (χ3n) is 3.51. The minimum atomic E-state index is -0.246. The Morgan fingerprint density at radius 2 is 2.05 bits per heavy atom. The summed E-state index contributed by atoms with van der Waals surface area (Å²) in [6.45, 7) is 3.24. The van der Waals surface area contributed by atoms with E-state index in [-0.39, 0.29) is 24.4 Å². The van der Waals surface area contributed by atoms with Crippen molar-refractivity contribution in [2.75, 3.05) is 20.1 Å². The average molecular weight is 275 g/mol. The molecule has 1 atom stereocenters. The molecule has 1 aromatic rings. The lowest BCUT2D eigenvalue weighted by Crippen LogP contribution is -2.50. The number of hydrogen-bond acceptors (Lipinski definition) is 3. The van der Waals surface area contributed by atoms with Crippen LogP contribution in [0.1, 0.15) is 18.1 Å². The second-order valence-electron chi connectivity index (χ2n) is 5.05. The SMILES string of the molecule is CCNC(=O)CN(C)C(=O)C1Cc2ccccc2CN1. The molecule has 5 nitrogen and oxygen atoms in total. The Hall–Kier alpha value is -1.88. The van der Waals surface area contributed by atoms with Crippen LogP contribution in [0.15, 0.2) is 24.3 Å².